The Morgan fingerprint density at radius 2 is 2.10 bits per heavy atom. The molecule has 0 bridgehead atoms. The molecule has 2 heterocycles. The second-order valence-electron chi connectivity index (χ2n) is 5.09. The van der Waals surface area contributed by atoms with Gasteiger partial charge in [-0.15, -0.1) is 11.3 Å². The molecule has 0 fully saturated rings. The van der Waals surface area contributed by atoms with Crippen LogP contribution in [0.3, 0.4) is 0 Å². The Kier molecular flexibility index (Phi) is 4.73. The Hall–Kier alpha value is -1.46. The predicted molar refractivity (Wildman–Crippen MR) is 90.4 cm³/mol. The minimum atomic E-state index is 0.206. The lowest BCUT2D eigenvalue weighted by Gasteiger charge is -2.23. The van der Waals surface area contributed by atoms with Crippen molar-refractivity contribution >= 4 is 34.4 Å². The van der Waals surface area contributed by atoms with Crippen LogP contribution in [-0.4, -0.2) is 9.97 Å². The largest absolute Gasteiger partial charge is 0.389 e. The topological polar surface area (TPSA) is 50.9 Å². The van der Waals surface area contributed by atoms with E-state index in [2.05, 4.69) is 41.7 Å². The van der Waals surface area contributed by atoms with Crippen molar-refractivity contribution in [2.75, 3.05) is 5.32 Å². The van der Waals surface area contributed by atoms with Crippen molar-refractivity contribution in [3.05, 3.63) is 45.8 Å². The van der Waals surface area contributed by atoms with Crippen LogP contribution in [0.1, 0.15) is 36.0 Å². The minimum Gasteiger partial charge on any atom is -0.389 e. The van der Waals surface area contributed by atoms with E-state index in [1.807, 2.05) is 19.1 Å². The summed E-state index contributed by atoms with van der Waals surface area (Å²) < 4.78 is 0. The Balaban J connectivity index is 2.36. The monoisotopic (exact) mass is 305 g/mol. The first kappa shape index (κ1) is 14.9. The molecule has 1 unspecified atom stereocenters. The van der Waals surface area contributed by atoms with Gasteiger partial charge < -0.3 is 11.1 Å². The van der Waals surface area contributed by atoms with Crippen LogP contribution in [0, 0.1) is 12.8 Å². The summed E-state index contributed by atoms with van der Waals surface area (Å²) in [5.41, 5.74) is 7.53. The van der Waals surface area contributed by atoms with Gasteiger partial charge in [0.25, 0.3) is 0 Å². The van der Waals surface area contributed by atoms with E-state index in [0.717, 1.165) is 17.1 Å². The Bertz CT molecular complexity index is 591. The van der Waals surface area contributed by atoms with E-state index in [0.29, 0.717) is 10.9 Å². The van der Waals surface area contributed by atoms with Gasteiger partial charge in [0.05, 0.1) is 11.6 Å². The molecule has 20 heavy (non-hydrogen) atoms. The molecule has 0 aliphatic carbocycles. The molecule has 2 aromatic heterocycles. The molecule has 0 saturated heterocycles. The van der Waals surface area contributed by atoms with Gasteiger partial charge in [-0.2, -0.15) is 0 Å². The molecule has 0 saturated carbocycles. The van der Waals surface area contributed by atoms with Gasteiger partial charge in [-0.05, 0) is 36.4 Å². The molecule has 5 heteroatoms. The molecule has 0 radical (unpaired) electrons. The van der Waals surface area contributed by atoms with Crippen LogP contribution in [0.2, 0.25) is 0 Å². The van der Waals surface area contributed by atoms with Crippen molar-refractivity contribution in [3.8, 4) is 0 Å². The highest BCUT2D eigenvalue weighted by Gasteiger charge is 2.19. The van der Waals surface area contributed by atoms with E-state index in [1.54, 1.807) is 11.3 Å². The highest BCUT2D eigenvalue weighted by molar-refractivity contribution is 7.80. The number of thiocarbonyl (C=S) groups is 1. The van der Waals surface area contributed by atoms with Crippen LogP contribution in [0.4, 0.5) is 5.82 Å². The zero-order chi connectivity index (χ0) is 14.7. The van der Waals surface area contributed by atoms with E-state index in [1.165, 1.54) is 4.88 Å². The van der Waals surface area contributed by atoms with Crippen LogP contribution in [-0.2, 0) is 0 Å². The quantitative estimate of drug-likeness (QED) is 0.823. The van der Waals surface area contributed by atoms with E-state index in [4.69, 9.17) is 18.0 Å². The third-order valence-corrected chi connectivity index (χ3v) is 4.28. The van der Waals surface area contributed by atoms with Gasteiger partial charge in [-0.25, -0.2) is 4.98 Å². The van der Waals surface area contributed by atoms with Gasteiger partial charge in [0.2, 0.25) is 0 Å². The highest BCUT2D eigenvalue weighted by Crippen LogP contribution is 2.30. The first-order chi connectivity index (χ1) is 9.49. The zero-order valence-corrected chi connectivity index (χ0v) is 13.5. The summed E-state index contributed by atoms with van der Waals surface area (Å²) in [4.78, 5) is 6.21. The summed E-state index contributed by atoms with van der Waals surface area (Å²) in [5.74, 6) is 1.21. The standard InChI is InChI=1S/C15H19N3S2/c1-9(2)13(12-5-4-8-20-12)18-15-11(14(16)19)7-6-10(3)17-15/h4-9,13H,1-3H3,(H2,16,19)(H,17,18). The molecule has 3 N–H and O–H groups in total. The molecule has 3 nitrogen and oxygen atoms in total. The van der Waals surface area contributed by atoms with Crippen LogP contribution in [0.5, 0.6) is 0 Å². The third-order valence-electron chi connectivity index (χ3n) is 3.11. The van der Waals surface area contributed by atoms with E-state index >= 15 is 0 Å². The summed E-state index contributed by atoms with van der Waals surface area (Å²) in [6.07, 6.45) is 0. The normalized spacial score (nSPS) is 12.4. The number of aromatic nitrogens is 1. The maximum atomic E-state index is 5.79. The summed E-state index contributed by atoms with van der Waals surface area (Å²) in [6, 6.07) is 8.26. The summed E-state index contributed by atoms with van der Waals surface area (Å²) in [7, 11) is 0. The zero-order valence-electron chi connectivity index (χ0n) is 11.9. The molecule has 0 aliphatic rings. The van der Waals surface area contributed by atoms with Gasteiger partial charge >= 0.3 is 0 Å². The molecule has 0 aliphatic heterocycles. The summed E-state index contributed by atoms with van der Waals surface area (Å²) >= 11 is 6.85. The molecule has 2 aromatic rings. The molecule has 1 atom stereocenters. The SMILES string of the molecule is Cc1ccc(C(N)=S)c(NC(c2cccs2)C(C)C)n1. The average Bonchev–Trinajstić information content (AvgIpc) is 2.88. The van der Waals surface area contributed by atoms with E-state index in [-0.39, 0.29) is 6.04 Å². The molecular weight excluding hydrogens is 286 g/mol. The number of hydrogen-bond acceptors (Lipinski definition) is 4. The second kappa shape index (κ2) is 6.33. The van der Waals surface area contributed by atoms with Crippen LogP contribution < -0.4 is 11.1 Å². The molecule has 0 aromatic carbocycles. The van der Waals surface area contributed by atoms with Crippen molar-refractivity contribution in [3.63, 3.8) is 0 Å². The molecule has 0 amide bonds. The van der Waals surface area contributed by atoms with E-state index < -0.39 is 0 Å². The number of pyridine rings is 1. The fraction of sp³-hybridized carbons (Fsp3) is 0.333. The number of nitrogens with one attached hydrogen (secondary N) is 1. The minimum absolute atomic E-state index is 0.206. The average molecular weight is 305 g/mol. The number of rotatable bonds is 5. The number of hydrogen-bond donors (Lipinski definition) is 2. The van der Waals surface area contributed by atoms with Crippen molar-refractivity contribution < 1.29 is 0 Å². The lowest BCUT2D eigenvalue weighted by molar-refractivity contribution is 0.552. The third kappa shape index (κ3) is 3.35. The number of nitrogens with two attached hydrogens (primary N) is 1. The lowest BCUT2D eigenvalue weighted by Crippen LogP contribution is -2.20. The number of nitrogens with zero attached hydrogens (tertiary/aromatic N) is 1. The Morgan fingerprint density at radius 1 is 1.35 bits per heavy atom. The fourth-order valence-corrected chi connectivity index (χ4v) is 3.16. The molecule has 0 spiro atoms. The van der Waals surface area contributed by atoms with Gasteiger partial charge in [0.1, 0.15) is 10.8 Å². The van der Waals surface area contributed by atoms with Crippen LogP contribution >= 0.6 is 23.6 Å². The molecule has 106 valence electrons. The van der Waals surface area contributed by atoms with Crippen molar-refractivity contribution in [2.24, 2.45) is 11.7 Å². The smallest absolute Gasteiger partial charge is 0.137 e. The van der Waals surface area contributed by atoms with Crippen molar-refractivity contribution in [1.82, 2.24) is 4.98 Å². The second-order valence-corrected chi connectivity index (χ2v) is 6.51. The maximum absolute atomic E-state index is 5.79. The van der Waals surface area contributed by atoms with Gasteiger partial charge in [0.15, 0.2) is 0 Å². The van der Waals surface area contributed by atoms with Gasteiger partial charge in [-0.3, -0.25) is 0 Å². The summed E-state index contributed by atoms with van der Waals surface area (Å²) in [6.45, 7) is 6.34. The maximum Gasteiger partial charge on any atom is 0.137 e. The Labute approximate surface area is 129 Å². The van der Waals surface area contributed by atoms with Crippen LogP contribution in [0.15, 0.2) is 29.6 Å². The fourth-order valence-electron chi connectivity index (χ4n) is 2.05. The highest BCUT2D eigenvalue weighted by atomic mass is 32.1. The first-order valence-electron chi connectivity index (χ1n) is 6.56. The summed E-state index contributed by atoms with van der Waals surface area (Å²) in [5, 5.41) is 5.59. The van der Waals surface area contributed by atoms with Crippen molar-refractivity contribution in [2.45, 2.75) is 26.8 Å². The number of anilines is 1. The first-order valence-corrected chi connectivity index (χ1v) is 7.85. The van der Waals surface area contributed by atoms with Gasteiger partial charge in [-0.1, -0.05) is 32.1 Å². The number of aryl methyl sites for hydroxylation is 1. The van der Waals surface area contributed by atoms with Crippen LogP contribution in [0.25, 0.3) is 0 Å². The predicted octanol–water partition coefficient (Wildman–Crippen LogP) is 3.89. The van der Waals surface area contributed by atoms with E-state index in [9.17, 15) is 0 Å². The molecule has 2 rings (SSSR count). The number of thiophene rings is 1. The lowest BCUT2D eigenvalue weighted by atomic mass is 10.0. The molecular formula is C15H19N3S2. The van der Waals surface area contributed by atoms with Gasteiger partial charge in [0, 0.05) is 10.6 Å². The Morgan fingerprint density at radius 3 is 2.65 bits per heavy atom. The van der Waals surface area contributed by atoms with Crippen molar-refractivity contribution in [1.29, 1.82) is 0 Å².